The van der Waals surface area contributed by atoms with Crippen molar-refractivity contribution < 1.29 is 19.5 Å². The van der Waals surface area contributed by atoms with Gasteiger partial charge in [-0.05, 0) is 43.9 Å². The van der Waals surface area contributed by atoms with Gasteiger partial charge in [0.25, 0.3) is 0 Å². The van der Waals surface area contributed by atoms with Gasteiger partial charge in [-0.3, -0.25) is 9.59 Å². The molecule has 2 rings (SSSR count). The lowest BCUT2D eigenvalue weighted by atomic mass is 9.87. The summed E-state index contributed by atoms with van der Waals surface area (Å²) in [5.41, 5.74) is 0.495. The molecule has 2 amide bonds. The number of carboxylic acid groups (broad SMARTS) is 1. The lowest BCUT2D eigenvalue weighted by Crippen LogP contribution is -2.42. The van der Waals surface area contributed by atoms with E-state index in [-0.39, 0.29) is 17.4 Å². The Morgan fingerprint density at radius 2 is 1.92 bits per heavy atom. The van der Waals surface area contributed by atoms with Gasteiger partial charge >= 0.3 is 5.97 Å². The molecule has 1 aliphatic carbocycles. The molecule has 3 N–H and O–H groups in total. The quantitative estimate of drug-likeness (QED) is 0.746. The maximum absolute atomic E-state index is 12.1. The average molecular weight is 332 g/mol. The molecule has 0 bridgehead atoms. The molecule has 0 radical (unpaired) electrons. The number of aromatic carboxylic acids is 1. The van der Waals surface area contributed by atoms with Crippen molar-refractivity contribution in [1.82, 2.24) is 5.32 Å². The fourth-order valence-electron chi connectivity index (χ4n) is 3.00. The van der Waals surface area contributed by atoms with Crippen LogP contribution in [0, 0.1) is 5.92 Å². The predicted octanol–water partition coefficient (Wildman–Crippen LogP) is 2.80. The van der Waals surface area contributed by atoms with Crippen LogP contribution in [0.4, 0.5) is 5.69 Å². The standard InChI is InChI=1S/C18H24N2O4/c1-12(19-16(21)10-13-6-3-2-4-7-13)17(22)20-15-9-5-8-14(11-15)18(23)24/h5,8-9,11-13H,2-4,6-7,10H2,1H3,(H,19,21)(H,20,22)(H,23,24). The Bertz CT molecular complexity index is 609. The summed E-state index contributed by atoms with van der Waals surface area (Å²) in [5, 5.41) is 14.3. The lowest BCUT2D eigenvalue weighted by molar-refractivity contribution is -0.126. The molecule has 24 heavy (non-hydrogen) atoms. The zero-order valence-electron chi connectivity index (χ0n) is 13.9. The number of anilines is 1. The van der Waals surface area contributed by atoms with Crippen LogP contribution in [0.3, 0.4) is 0 Å². The van der Waals surface area contributed by atoms with Crippen molar-refractivity contribution in [2.75, 3.05) is 5.32 Å². The highest BCUT2D eigenvalue weighted by molar-refractivity contribution is 5.98. The van der Waals surface area contributed by atoms with E-state index in [1.165, 1.54) is 31.4 Å². The van der Waals surface area contributed by atoms with E-state index in [0.717, 1.165) is 12.8 Å². The Morgan fingerprint density at radius 1 is 1.21 bits per heavy atom. The second-order valence-corrected chi connectivity index (χ2v) is 6.37. The van der Waals surface area contributed by atoms with Gasteiger partial charge in [-0.1, -0.05) is 25.3 Å². The summed E-state index contributed by atoms with van der Waals surface area (Å²) in [6.07, 6.45) is 6.21. The molecule has 1 unspecified atom stereocenters. The highest BCUT2D eigenvalue weighted by atomic mass is 16.4. The predicted molar refractivity (Wildman–Crippen MR) is 90.8 cm³/mol. The minimum absolute atomic E-state index is 0.0989. The number of carbonyl (C=O) groups excluding carboxylic acids is 2. The van der Waals surface area contributed by atoms with Gasteiger partial charge in [0.2, 0.25) is 11.8 Å². The molecule has 0 aromatic heterocycles. The van der Waals surface area contributed by atoms with Crippen LogP contribution in [0.1, 0.15) is 55.8 Å². The van der Waals surface area contributed by atoms with Gasteiger partial charge in [0.05, 0.1) is 5.56 Å². The Kier molecular flexibility index (Phi) is 6.35. The molecule has 130 valence electrons. The topological polar surface area (TPSA) is 95.5 Å². The van der Waals surface area contributed by atoms with E-state index < -0.39 is 12.0 Å². The van der Waals surface area contributed by atoms with E-state index >= 15 is 0 Å². The molecule has 6 heteroatoms. The van der Waals surface area contributed by atoms with Crippen LogP contribution in [0.15, 0.2) is 24.3 Å². The van der Waals surface area contributed by atoms with Gasteiger partial charge in [0.1, 0.15) is 6.04 Å². The van der Waals surface area contributed by atoms with Gasteiger partial charge in [-0.15, -0.1) is 0 Å². The van der Waals surface area contributed by atoms with Crippen LogP contribution >= 0.6 is 0 Å². The smallest absolute Gasteiger partial charge is 0.335 e. The highest BCUT2D eigenvalue weighted by Gasteiger charge is 2.20. The molecule has 1 fully saturated rings. The average Bonchev–Trinajstić information content (AvgIpc) is 2.55. The molecule has 1 aromatic rings. The van der Waals surface area contributed by atoms with E-state index in [9.17, 15) is 14.4 Å². The fraction of sp³-hybridized carbons (Fsp3) is 0.500. The second-order valence-electron chi connectivity index (χ2n) is 6.37. The van der Waals surface area contributed by atoms with Gasteiger partial charge < -0.3 is 15.7 Å². The molecule has 1 atom stereocenters. The third-order valence-corrected chi connectivity index (χ3v) is 4.35. The molecule has 1 aromatic carbocycles. The zero-order valence-corrected chi connectivity index (χ0v) is 13.9. The number of nitrogens with one attached hydrogen (secondary N) is 2. The summed E-state index contributed by atoms with van der Waals surface area (Å²) in [6.45, 7) is 1.62. The van der Waals surface area contributed by atoms with Crippen molar-refractivity contribution in [3.8, 4) is 0 Å². The SMILES string of the molecule is CC(NC(=O)CC1CCCCC1)C(=O)Nc1cccc(C(=O)O)c1. The van der Waals surface area contributed by atoms with Crippen molar-refractivity contribution >= 4 is 23.5 Å². The van der Waals surface area contributed by atoms with E-state index in [0.29, 0.717) is 18.0 Å². The minimum Gasteiger partial charge on any atom is -0.478 e. The first-order chi connectivity index (χ1) is 11.5. The summed E-state index contributed by atoms with van der Waals surface area (Å²) < 4.78 is 0. The first kappa shape index (κ1) is 18.0. The van der Waals surface area contributed by atoms with Gasteiger partial charge in [0, 0.05) is 12.1 Å². The largest absolute Gasteiger partial charge is 0.478 e. The Hall–Kier alpha value is -2.37. The van der Waals surface area contributed by atoms with Crippen molar-refractivity contribution in [2.45, 2.75) is 51.5 Å². The van der Waals surface area contributed by atoms with E-state index in [1.807, 2.05) is 0 Å². The molecule has 0 saturated heterocycles. The van der Waals surface area contributed by atoms with Crippen molar-refractivity contribution in [3.63, 3.8) is 0 Å². The Labute approximate surface area is 141 Å². The first-order valence-electron chi connectivity index (χ1n) is 8.39. The van der Waals surface area contributed by atoms with Crippen LogP contribution in [0.25, 0.3) is 0 Å². The van der Waals surface area contributed by atoms with Crippen molar-refractivity contribution in [1.29, 1.82) is 0 Å². The monoisotopic (exact) mass is 332 g/mol. The van der Waals surface area contributed by atoms with Crippen molar-refractivity contribution in [3.05, 3.63) is 29.8 Å². The molecule has 0 aliphatic heterocycles. The number of rotatable bonds is 6. The number of carboxylic acids is 1. The lowest BCUT2D eigenvalue weighted by Gasteiger charge is -2.22. The molecule has 6 nitrogen and oxygen atoms in total. The number of hydrogen-bond donors (Lipinski definition) is 3. The van der Waals surface area contributed by atoms with Gasteiger partial charge in [-0.2, -0.15) is 0 Å². The second kappa shape index (κ2) is 8.47. The molecular weight excluding hydrogens is 308 g/mol. The maximum atomic E-state index is 12.1. The van der Waals surface area contributed by atoms with Crippen LogP contribution in [0.5, 0.6) is 0 Å². The molecular formula is C18H24N2O4. The number of benzene rings is 1. The summed E-state index contributed by atoms with van der Waals surface area (Å²) in [5.74, 6) is -1.11. The number of carbonyl (C=O) groups is 3. The summed E-state index contributed by atoms with van der Waals surface area (Å²) in [7, 11) is 0. The van der Waals surface area contributed by atoms with E-state index in [4.69, 9.17) is 5.11 Å². The van der Waals surface area contributed by atoms with E-state index in [2.05, 4.69) is 10.6 Å². The van der Waals surface area contributed by atoms with E-state index in [1.54, 1.807) is 19.1 Å². The zero-order chi connectivity index (χ0) is 17.5. The first-order valence-corrected chi connectivity index (χ1v) is 8.39. The minimum atomic E-state index is -1.06. The fourth-order valence-corrected chi connectivity index (χ4v) is 3.00. The number of amides is 2. The maximum Gasteiger partial charge on any atom is 0.335 e. The van der Waals surface area contributed by atoms with Gasteiger partial charge in [0.15, 0.2) is 0 Å². The van der Waals surface area contributed by atoms with Crippen LogP contribution < -0.4 is 10.6 Å². The normalized spacial score (nSPS) is 16.2. The summed E-state index contributed by atoms with van der Waals surface area (Å²) in [6, 6.07) is 5.34. The summed E-state index contributed by atoms with van der Waals surface area (Å²) in [4.78, 5) is 35.1. The van der Waals surface area contributed by atoms with Crippen molar-refractivity contribution in [2.24, 2.45) is 5.92 Å². The summed E-state index contributed by atoms with van der Waals surface area (Å²) >= 11 is 0. The highest BCUT2D eigenvalue weighted by Crippen LogP contribution is 2.26. The molecule has 1 aliphatic rings. The van der Waals surface area contributed by atoms with Gasteiger partial charge in [-0.25, -0.2) is 4.79 Å². The molecule has 0 heterocycles. The third kappa shape index (κ3) is 5.37. The number of hydrogen-bond acceptors (Lipinski definition) is 3. The molecule has 0 spiro atoms. The van der Waals surface area contributed by atoms with Crippen LogP contribution in [-0.4, -0.2) is 28.9 Å². The Balaban J connectivity index is 1.84. The molecule has 1 saturated carbocycles. The van der Waals surface area contributed by atoms with Crippen LogP contribution in [0.2, 0.25) is 0 Å². The Morgan fingerprint density at radius 3 is 2.58 bits per heavy atom. The van der Waals surface area contributed by atoms with Crippen LogP contribution in [-0.2, 0) is 9.59 Å². The third-order valence-electron chi connectivity index (χ3n) is 4.35.